The van der Waals surface area contributed by atoms with Crippen LogP contribution in [0.2, 0.25) is 0 Å². The van der Waals surface area contributed by atoms with E-state index in [1.54, 1.807) is 6.07 Å². The van der Waals surface area contributed by atoms with Crippen LogP contribution in [-0.2, 0) is 16.1 Å². The number of barbiturate groups is 1. The van der Waals surface area contributed by atoms with Gasteiger partial charge in [-0.25, -0.2) is 4.79 Å². The summed E-state index contributed by atoms with van der Waals surface area (Å²) in [6, 6.07) is 0.812. The van der Waals surface area contributed by atoms with Gasteiger partial charge >= 0.3 is 6.03 Å². The summed E-state index contributed by atoms with van der Waals surface area (Å²) in [5, 5.41) is 5.74. The molecule has 0 radical (unpaired) electrons. The van der Waals surface area contributed by atoms with Gasteiger partial charge in [0, 0.05) is 6.07 Å². The summed E-state index contributed by atoms with van der Waals surface area (Å²) in [7, 11) is 0. The normalized spacial score (nSPS) is 19.4. The van der Waals surface area contributed by atoms with Crippen LogP contribution in [0.1, 0.15) is 19.5 Å². The Balaban J connectivity index is 2.25. The van der Waals surface area contributed by atoms with Gasteiger partial charge in [-0.1, -0.05) is 5.16 Å². The molecule has 1 N–H and O–H groups in total. The Hall–Kier alpha value is -2.18. The number of hydrogen-bond donors (Lipinski definition) is 1. The molecule has 1 saturated heterocycles. The second-order valence-electron chi connectivity index (χ2n) is 4.27. The average Bonchev–Trinajstić information content (AvgIpc) is 2.75. The van der Waals surface area contributed by atoms with Crippen molar-refractivity contribution in [3.63, 3.8) is 0 Å². The number of aromatic nitrogens is 1. The van der Waals surface area contributed by atoms with E-state index in [1.165, 1.54) is 20.1 Å². The number of rotatable bonds is 2. The van der Waals surface area contributed by atoms with Gasteiger partial charge in [0.25, 0.3) is 0 Å². The van der Waals surface area contributed by atoms with Crippen LogP contribution in [0.3, 0.4) is 0 Å². The monoisotopic (exact) mass is 237 g/mol. The molecule has 90 valence electrons. The number of amides is 4. The van der Waals surface area contributed by atoms with Crippen LogP contribution in [0.25, 0.3) is 0 Å². The van der Waals surface area contributed by atoms with Crippen molar-refractivity contribution in [1.29, 1.82) is 0 Å². The number of hydrogen-bond acceptors (Lipinski definition) is 5. The minimum Gasteiger partial charge on any atom is -0.364 e. The van der Waals surface area contributed by atoms with E-state index in [1.807, 2.05) is 0 Å². The Morgan fingerprint density at radius 2 is 2.12 bits per heavy atom. The van der Waals surface area contributed by atoms with Crippen molar-refractivity contribution >= 4 is 17.8 Å². The highest BCUT2D eigenvalue weighted by Crippen LogP contribution is 2.24. The molecule has 1 fully saturated rings. The molecule has 0 aromatic carbocycles. The first kappa shape index (κ1) is 11.3. The third-order valence-electron chi connectivity index (χ3n) is 2.62. The molecule has 7 nitrogen and oxygen atoms in total. The maximum Gasteiger partial charge on any atom is 0.331 e. The molecule has 1 aliphatic heterocycles. The minimum absolute atomic E-state index is 0.0160. The van der Waals surface area contributed by atoms with Gasteiger partial charge in [0.15, 0.2) is 0 Å². The van der Waals surface area contributed by atoms with Crippen molar-refractivity contribution in [2.45, 2.75) is 20.4 Å². The van der Waals surface area contributed by atoms with Crippen LogP contribution < -0.4 is 5.32 Å². The first-order chi connectivity index (χ1) is 7.93. The molecule has 1 aromatic rings. The largest absolute Gasteiger partial charge is 0.364 e. The molecule has 2 rings (SSSR count). The van der Waals surface area contributed by atoms with E-state index in [4.69, 9.17) is 0 Å². The molecule has 4 amide bonds. The Kier molecular flexibility index (Phi) is 2.45. The summed E-state index contributed by atoms with van der Waals surface area (Å²) in [5.74, 6) is -1.14. The van der Waals surface area contributed by atoms with Gasteiger partial charge in [-0.05, 0) is 13.8 Å². The van der Waals surface area contributed by atoms with E-state index in [9.17, 15) is 14.4 Å². The number of carbonyl (C=O) groups is 3. The van der Waals surface area contributed by atoms with Gasteiger partial charge in [0.1, 0.15) is 17.4 Å². The highest BCUT2D eigenvalue weighted by molar-refractivity contribution is 6.18. The summed E-state index contributed by atoms with van der Waals surface area (Å²) in [5.41, 5.74) is -0.809. The second-order valence-corrected chi connectivity index (χ2v) is 4.27. The van der Waals surface area contributed by atoms with Crippen molar-refractivity contribution in [3.05, 3.63) is 18.0 Å². The second kappa shape index (κ2) is 3.69. The predicted molar refractivity (Wildman–Crippen MR) is 54.4 cm³/mol. The van der Waals surface area contributed by atoms with Gasteiger partial charge in [0.2, 0.25) is 11.8 Å². The van der Waals surface area contributed by atoms with E-state index in [2.05, 4.69) is 15.0 Å². The van der Waals surface area contributed by atoms with E-state index in [0.29, 0.717) is 5.69 Å². The van der Waals surface area contributed by atoms with Crippen molar-refractivity contribution in [2.75, 3.05) is 0 Å². The molecular weight excluding hydrogens is 226 g/mol. The molecule has 1 aliphatic rings. The van der Waals surface area contributed by atoms with Crippen LogP contribution in [0, 0.1) is 5.41 Å². The van der Waals surface area contributed by atoms with Crippen molar-refractivity contribution in [2.24, 2.45) is 5.41 Å². The summed E-state index contributed by atoms with van der Waals surface area (Å²) < 4.78 is 4.61. The maximum atomic E-state index is 12.0. The molecule has 7 heteroatoms. The Labute approximate surface area is 96.7 Å². The first-order valence-electron chi connectivity index (χ1n) is 4.99. The molecule has 1 aromatic heterocycles. The van der Waals surface area contributed by atoms with Gasteiger partial charge in [0.05, 0.1) is 6.54 Å². The zero-order valence-corrected chi connectivity index (χ0v) is 9.39. The molecule has 0 saturated carbocycles. The molecule has 0 aliphatic carbocycles. The highest BCUT2D eigenvalue weighted by Gasteiger charge is 2.47. The fourth-order valence-electron chi connectivity index (χ4n) is 1.47. The number of imide groups is 2. The van der Waals surface area contributed by atoms with Crippen LogP contribution in [0.15, 0.2) is 16.9 Å². The van der Waals surface area contributed by atoms with Crippen LogP contribution in [0.4, 0.5) is 4.79 Å². The standard InChI is InChI=1S/C10H11N3O4/c1-10(2)7(14)11-9(16)13(8(10)15)5-6-3-4-17-12-6/h3-4H,5H2,1-2H3,(H,11,14,16). The molecule has 0 atom stereocenters. The van der Waals surface area contributed by atoms with Crippen LogP contribution >= 0.6 is 0 Å². The lowest BCUT2D eigenvalue weighted by Crippen LogP contribution is -2.61. The third kappa shape index (κ3) is 1.79. The lowest BCUT2D eigenvalue weighted by atomic mass is 9.89. The number of nitrogens with zero attached hydrogens (tertiary/aromatic N) is 2. The maximum absolute atomic E-state index is 12.0. The SMILES string of the molecule is CC1(C)C(=O)NC(=O)N(Cc2ccon2)C1=O. The van der Waals surface area contributed by atoms with Crippen molar-refractivity contribution in [3.8, 4) is 0 Å². The van der Waals surface area contributed by atoms with Crippen LogP contribution in [0.5, 0.6) is 0 Å². The van der Waals surface area contributed by atoms with Gasteiger partial charge < -0.3 is 4.52 Å². The summed E-state index contributed by atoms with van der Waals surface area (Å²) in [6.45, 7) is 2.91. The van der Waals surface area contributed by atoms with Gasteiger partial charge in [-0.2, -0.15) is 0 Å². The van der Waals surface area contributed by atoms with E-state index >= 15 is 0 Å². The lowest BCUT2D eigenvalue weighted by molar-refractivity contribution is -0.149. The Morgan fingerprint density at radius 3 is 2.71 bits per heavy atom. The quantitative estimate of drug-likeness (QED) is 0.746. The molecule has 0 unspecified atom stereocenters. The zero-order chi connectivity index (χ0) is 12.6. The van der Waals surface area contributed by atoms with E-state index in [0.717, 1.165) is 4.90 Å². The Morgan fingerprint density at radius 1 is 1.41 bits per heavy atom. The van der Waals surface area contributed by atoms with Crippen LogP contribution in [-0.4, -0.2) is 27.9 Å². The molecule has 0 bridgehead atoms. The third-order valence-corrected chi connectivity index (χ3v) is 2.62. The molecular formula is C10H11N3O4. The number of carbonyl (C=O) groups excluding carboxylic acids is 3. The first-order valence-corrected chi connectivity index (χ1v) is 4.99. The van der Waals surface area contributed by atoms with Gasteiger partial charge in [-0.3, -0.25) is 19.8 Å². The van der Waals surface area contributed by atoms with Crippen molar-refractivity contribution < 1.29 is 18.9 Å². The highest BCUT2D eigenvalue weighted by atomic mass is 16.5. The minimum atomic E-state index is -1.25. The number of nitrogens with one attached hydrogen (secondary N) is 1. The summed E-state index contributed by atoms with van der Waals surface area (Å²) >= 11 is 0. The summed E-state index contributed by atoms with van der Waals surface area (Å²) in [6.07, 6.45) is 1.35. The van der Waals surface area contributed by atoms with E-state index in [-0.39, 0.29) is 6.54 Å². The van der Waals surface area contributed by atoms with Crippen molar-refractivity contribution in [1.82, 2.24) is 15.4 Å². The number of urea groups is 1. The molecule has 2 heterocycles. The zero-order valence-electron chi connectivity index (χ0n) is 9.39. The Bertz CT molecular complexity index is 478. The topological polar surface area (TPSA) is 92.5 Å². The van der Waals surface area contributed by atoms with Gasteiger partial charge in [-0.15, -0.1) is 0 Å². The fraction of sp³-hybridized carbons (Fsp3) is 0.400. The predicted octanol–water partition coefficient (Wildman–Crippen LogP) is 0.279. The molecule has 17 heavy (non-hydrogen) atoms. The summed E-state index contributed by atoms with van der Waals surface area (Å²) in [4.78, 5) is 35.9. The lowest BCUT2D eigenvalue weighted by Gasteiger charge is -2.33. The van der Waals surface area contributed by atoms with E-state index < -0.39 is 23.3 Å². The average molecular weight is 237 g/mol. The smallest absolute Gasteiger partial charge is 0.331 e. The fourth-order valence-corrected chi connectivity index (χ4v) is 1.47. The molecule has 0 spiro atoms.